The third-order valence-corrected chi connectivity index (χ3v) is 4.70. The van der Waals surface area contributed by atoms with Crippen LogP contribution in [0.1, 0.15) is 35.1 Å². The Morgan fingerprint density at radius 3 is 2.64 bits per heavy atom. The highest BCUT2D eigenvalue weighted by Gasteiger charge is 2.26. The molecule has 3 aromatic rings. The molecule has 0 N–H and O–H groups in total. The Kier molecular flexibility index (Phi) is 4.10. The molecule has 4 heteroatoms. The van der Waals surface area contributed by atoms with Crippen molar-refractivity contribution in [3.05, 3.63) is 77.6 Å². The number of fused-ring (bicyclic) bond motifs is 1. The Balaban J connectivity index is 1.78. The monoisotopic (exact) mass is 331 g/mol. The van der Waals surface area contributed by atoms with E-state index in [4.69, 9.17) is 0 Å². The van der Waals surface area contributed by atoms with Crippen molar-refractivity contribution in [3.8, 4) is 5.69 Å². The van der Waals surface area contributed by atoms with Crippen LogP contribution in [-0.4, -0.2) is 22.2 Å². The van der Waals surface area contributed by atoms with Crippen LogP contribution in [0.3, 0.4) is 0 Å². The van der Waals surface area contributed by atoms with Crippen molar-refractivity contribution < 1.29 is 4.79 Å². The standard InChI is InChI=1S/C21H21N3O/c1-2-17-15-20(24(22-17)18-11-4-3-5-12-18)21(25)23-14-8-10-16-9-6-7-13-19(16)23/h3-7,9,11-13,15H,2,8,10,14H2,1H3. The molecule has 0 fully saturated rings. The van der Waals surface area contributed by atoms with Gasteiger partial charge >= 0.3 is 0 Å². The maximum Gasteiger partial charge on any atom is 0.277 e. The minimum absolute atomic E-state index is 0.0169. The lowest BCUT2D eigenvalue weighted by Gasteiger charge is -2.29. The fourth-order valence-corrected chi connectivity index (χ4v) is 3.40. The Hall–Kier alpha value is -2.88. The minimum atomic E-state index is 0.0169. The van der Waals surface area contributed by atoms with Gasteiger partial charge in [-0.15, -0.1) is 0 Å². The molecule has 25 heavy (non-hydrogen) atoms. The number of hydrogen-bond acceptors (Lipinski definition) is 2. The number of carbonyl (C=O) groups excluding carboxylic acids is 1. The second-order valence-electron chi connectivity index (χ2n) is 6.31. The highest BCUT2D eigenvalue weighted by Crippen LogP contribution is 2.28. The van der Waals surface area contributed by atoms with Gasteiger partial charge in [-0.05, 0) is 49.1 Å². The maximum atomic E-state index is 13.4. The molecule has 1 aliphatic heterocycles. The number of anilines is 1. The van der Waals surface area contributed by atoms with Gasteiger partial charge in [0.1, 0.15) is 5.69 Å². The maximum absolute atomic E-state index is 13.4. The topological polar surface area (TPSA) is 38.1 Å². The van der Waals surface area contributed by atoms with E-state index < -0.39 is 0 Å². The van der Waals surface area contributed by atoms with Crippen LogP contribution >= 0.6 is 0 Å². The predicted molar refractivity (Wildman–Crippen MR) is 99.4 cm³/mol. The van der Waals surface area contributed by atoms with Gasteiger partial charge < -0.3 is 4.90 Å². The van der Waals surface area contributed by atoms with Gasteiger partial charge in [-0.3, -0.25) is 4.79 Å². The molecule has 1 amide bonds. The first kappa shape index (κ1) is 15.6. The van der Waals surface area contributed by atoms with Crippen molar-refractivity contribution in [2.75, 3.05) is 11.4 Å². The smallest absolute Gasteiger partial charge is 0.277 e. The van der Waals surface area contributed by atoms with E-state index in [0.29, 0.717) is 5.69 Å². The summed E-state index contributed by atoms with van der Waals surface area (Å²) in [5.74, 6) is 0.0169. The molecule has 0 unspecified atom stereocenters. The number of amides is 1. The molecule has 2 heterocycles. The average molecular weight is 331 g/mol. The lowest BCUT2D eigenvalue weighted by Crippen LogP contribution is -2.36. The van der Waals surface area contributed by atoms with E-state index in [1.165, 1.54) is 5.56 Å². The van der Waals surface area contributed by atoms with Crippen molar-refractivity contribution in [1.29, 1.82) is 0 Å². The van der Waals surface area contributed by atoms with Crippen LogP contribution in [0.2, 0.25) is 0 Å². The van der Waals surface area contributed by atoms with Crippen LogP contribution in [-0.2, 0) is 12.8 Å². The van der Waals surface area contributed by atoms with E-state index >= 15 is 0 Å². The van der Waals surface area contributed by atoms with Gasteiger partial charge in [-0.2, -0.15) is 5.10 Å². The Morgan fingerprint density at radius 2 is 1.84 bits per heavy atom. The van der Waals surface area contributed by atoms with Gasteiger partial charge in [-0.25, -0.2) is 4.68 Å². The summed E-state index contributed by atoms with van der Waals surface area (Å²) >= 11 is 0. The van der Waals surface area contributed by atoms with E-state index in [0.717, 1.165) is 42.9 Å². The molecule has 1 aliphatic rings. The second kappa shape index (κ2) is 6.55. The lowest BCUT2D eigenvalue weighted by atomic mass is 10.0. The quantitative estimate of drug-likeness (QED) is 0.727. The normalized spacial score (nSPS) is 13.6. The molecule has 2 aromatic carbocycles. The largest absolute Gasteiger partial charge is 0.307 e. The van der Waals surface area contributed by atoms with Gasteiger partial charge in [-0.1, -0.05) is 43.3 Å². The number of benzene rings is 2. The molecule has 0 atom stereocenters. The Morgan fingerprint density at radius 1 is 1.08 bits per heavy atom. The van der Waals surface area contributed by atoms with Crippen molar-refractivity contribution in [3.63, 3.8) is 0 Å². The number of rotatable bonds is 3. The lowest BCUT2D eigenvalue weighted by molar-refractivity contribution is 0.0977. The fraction of sp³-hybridized carbons (Fsp3) is 0.238. The van der Waals surface area contributed by atoms with Crippen molar-refractivity contribution in [2.24, 2.45) is 0 Å². The van der Waals surface area contributed by atoms with Crippen LogP contribution in [0.4, 0.5) is 5.69 Å². The van der Waals surface area contributed by atoms with Crippen molar-refractivity contribution in [2.45, 2.75) is 26.2 Å². The molecule has 0 spiro atoms. The number of aryl methyl sites for hydroxylation is 2. The third kappa shape index (κ3) is 2.84. The number of carbonyl (C=O) groups is 1. The zero-order chi connectivity index (χ0) is 17.2. The first-order chi connectivity index (χ1) is 12.3. The summed E-state index contributed by atoms with van der Waals surface area (Å²) in [5.41, 5.74) is 4.73. The fourth-order valence-electron chi connectivity index (χ4n) is 3.40. The molecule has 1 aromatic heterocycles. The first-order valence-electron chi connectivity index (χ1n) is 8.82. The van der Waals surface area contributed by atoms with E-state index in [9.17, 15) is 4.79 Å². The molecule has 0 bridgehead atoms. The Bertz CT molecular complexity index is 899. The van der Waals surface area contributed by atoms with Gasteiger partial charge in [0.15, 0.2) is 0 Å². The van der Waals surface area contributed by atoms with Crippen LogP contribution in [0.15, 0.2) is 60.7 Å². The zero-order valence-electron chi connectivity index (χ0n) is 14.4. The number of nitrogens with zero attached hydrogens (tertiary/aromatic N) is 3. The summed E-state index contributed by atoms with van der Waals surface area (Å²) in [5, 5.41) is 4.64. The highest BCUT2D eigenvalue weighted by atomic mass is 16.2. The molecule has 0 saturated carbocycles. The van der Waals surface area contributed by atoms with Gasteiger partial charge in [0.2, 0.25) is 0 Å². The molecule has 4 nitrogen and oxygen atoms in total. The van der Waals surface area contributed by atoms with Gasteiger partial charge in [0, 0.05) is 12.2 Å². The van der Waals surface area contributed by atoms with E-state index in [1.807, 2.05) is 59.5 Å². The number of hydrogen-bond donors (Lipinski definition) is 0. The summed E-state index contributed by atoms with van der Waals surface area (Å²) in [6.07, 6.45) is 2.82. The molecule has 126 valence electrons. The number of para-hydroxylation sites is 2. The van der Waals surface area contributed by atoms with Crippen LogP contribution in [0.25, 0.3) is 5.69 Å². The molecule has 4 rings (SSSR count). The SMILES string of the molecule is CCc1cc(C(=O)N2CCCc3ccccc32)n(-c2ccccc2)n1. The molecular formula is C21H21N3O. The summed E-state index contributed by atoms with van der Waals surface area (Å²) < 4.78 is 1.78. The number of aromatic nitrogens is 2. The third-order valence-electron chi connectivity index (χ3n) is 4.70. The minimum Gasteiger partial charge on any atom is -0.307 e. The molecule has 0 aliphatic carbocycles. The highest BCUT2D eigenvalue weighted by molar-refractivity contribution is 6.06. The summed E-state index contributed by atoms with van der Waals surface area (Å²) in [6, 6.07) is 20.0. The summed E-state index contributed by atoms with van der Waals surface area (Å²) in [6.45, 7) is 2.80. The summed E-state index contributed by atoms with van der Waals surface area (Å²) in [4.78, 5) is 15.2. The average Bonchev–Trinajstić information content (AvgIpc) is 3.12. The predicted octanol–water partition coefficient (Wildman–Crippen LogP) is 4.03. The van der Waals surface area contributed by atoms with Crippen LogP contribution in [0.5, 0.6) is 0 Å². The van der Waals surface area contributed by atoms with Crippen molar-refractivity contribution in [1.82, 2.24) is 9.78 Å². The Labute approximate surface area is 147 Å². The summed E-state index contributed by atoms with van der Waals surface area (Å²) in [7, 11) is 0. The second-order valence-corrected chi connectivity index (χ2v) is 6.31. The van der Waals surface area contributed by atoms with Crippen LogP contribution < -0.4 is 4.90 Å². The first-order valence-corrected chi connectivity index (χ1v) is 8.82. The van der Waals surface area contributed by atoms with E-state index in [2.05, 4.69) is 18.1 Å². The van der Waals surface area contributed by atoms with Gasteiger partial charge in [0.05, 0.1) is 11.4 Å². The van der Waals surface area contributed by atoms with Gasteiger partial charge in [0.25, 0.3) is 5.91 Å². The van der Waals surface area contributed by atoms with Crippen LogP contribution in [0, 0.1) is 0 Å². The van der Waals surface area contributed by atoms with E-state index in [1.54, 1.807) is 4.68 Å². The molecule has 0 radical (unpaired) electrons. The van der Waals surface area contributed by atoms with Crippen molar-refractivity contribution >= 4 is 11.6 Å². The van der Waals surface area contributed by atoms with E-state index in [-0.39, 0.29) is 5.91 Å². The molecule has 0 saturated heterocycles. The zero-order valence-corrected chi connectivity index (χ0v) is 14.4. The molecular weight excluding hydrogens is 310 g/mol.